The first-order chi connectivity index (χ1) is 32.0. The number of phosphoric ester groups is 1. The summed E-state index contributed by atoms with van der Waals surface area (Å²) in [5.74, 6) is -0.859. The average Bonchev–Trinajstić information content (AvgIpc) is 3.27. The van der Waals surface area contributed by atoms with Gasteiger partial charge in [-0.15, -0.1) is 0 Å². The highest BCUT2D eigenvalue weighted by atomic mass is 31.2. The second-order valence-electron chi connectivity index (χ2n) is 20.3. The second-order valence-corrected chi connectivity index (χ2v) is 21.8. The summed E-state index contributed by atoms with van der Waals surface area (Å²) >= 11 is 0. The number of allylic oxidation sites excluding steroid dienone is 4. The number of nitrogens with zero attached hydrogens (tertiary/aromatic N) is 1. The molecule has 0 amide bonds. The summed E-state index contributed by atoms with van der Waals surface area (Å²) in [4.78, 5) is 35.6. The Balaban J connectivity index is 4.23. The predicted octanol–water partition coefficient (Wildman–Crippen LogP) is 17.0. The van der Waals surface area contributed by atoms with Gasteiger partial charge in [0.05, 0.1) is 27.7 Å². The molecule has 0 aromatic rings. The number of carbonyl (C=O) groups is 2. The van der Waals surface area contributed by atoms with Crippen molar-refractivity contribution in [2.45, 2.75) is 277 Å². The number of carbonyl (C=O) groups excluding carboxylic acids is 2. The maximum absolute atomic E-state index is 12.8. The van der Waals surface area contributed by atoms with Crippen molar-refractivity contribution >= 4 is 19.8 Å². The molecule has 9 nitrogen and oxygen atoms in total. The van der Waals surface area contributed by atoms with Crippen molar-refractivity contribution in [3.63, 3.8) is 0 Å². The Morgan fingerprint density at radius 3 is 1.12 bits per heavy atom. The van der Waals surface area contributed by atoms with E-state index in [1.165, 1.54) is 205 Å². The van der Waals surface area contributed by atoms with E-state index >= 15 is 0 Å². The smallest absolute Gasteiger partial charge is 0.462 e. The molecule has 0 fully saturated rings. The summed E-state index contributed by atoms with van der Waals surface area (Å²) in [5, 5.41) is 0. The maximum atomic E-state index is 12.8. The minimum Gasteiger partial charge on any atom is -0.462 e. The Morgan fingerprint density at radius 2 is 0.773 bits per heavy atom. The monoisotopic (exact) mass is 955 g/mol. The van der Waals surface area contributed by atoms with Crippen molar-refractivity contribution in [3.8, 4) is 0 Å². The first kappa shape index (κ1) is 64.5. The van der Waals surface area contributed by atoms with Crippen molar-refractivity contribution in [3.05, 3.63) is 24.3 Å². The molecule has 0 saturated heterocycles. The first-order valence-electron chi connectivity index (χ1n) is 28.1. The van der Waals surface area contributed by atoms with Gasteiger partial charge in [-0.3, -0.25) is 18.6 Å². The standard InChI is InChI=1S/C56H108NO8P/c1-6-8-10-12-14-16-18-20-22-24-26-28-30-32-34-36-38-40-42-44-46-48-55(58)62-52-54(53-64-66(60,61)63-51-50-57(3,4)5)65-56(59)49-47-45-43-41-39-37-35-33-31-29-27-25-23-21-19-17-15-13-11-9-7-2/h40-43,54H,6-39,44-53H2,1-5H3/p+1/b42-40-,43-41-. The van der Waals surface area contributed by atoms with E-state index in [0.29, 0.717) is 23.9 Å². The van der Waals surface area contributed by atoms with Gasteiger partial charge in [0.1, 0.15) is 19.8 Å². The molecule has 0 aromatic carbocycles. The molecule has 0 aromatic heterocycles. The average molecular weight is 955 g/mol. The van der Waals surface area contributed by atoms with Crippen LogP contribution in [0.1, 0.15) is 271 Å². The Kier molecular flexibility index (Phi) is 47.4. The van der Waals surface area contributed by atoms with Crippen LogP contribution in [0.15, 0.2) is 24.3 Å². The summed E-state index contributed by atoms with van der Waals surface area (Å²) in [5.41, 5.74) is 0. The van der Waals surface area contributed by atoms with Crippen LogP contribution in [0.4, 0.5) is 0 Å². The Labute approximate surface area is 409 Å². The van der Waals surface area contributed by atoms with E-state index in [-0.39, 0.29) is 26.1 Å². The second kappa shape index (κ2) is 48.5. The third kappa shape index (κ3) is 51.9. The van der Waals surface area contributed by atoms with Crippen molar-refractivity contribution in [2.75, 3.05) is 47.5 Å². The summed E-state index contributed by atoms with van der Waals surface area (Å²) in [6.45, 7) is 4.42. The van der Waals surface area contributed by atoms with Crippen LogP contribution < -0.4 is 0 Å². The largest absolute Gasteiger partial charge is 0.472 e. The van der Waals surface area contributed by atoms with Gasteiger partial charge in [0, 0.05) is 12.8 Å². The minimum absolute atomic E-state index is 0.0255. The van der Waals surface area contributed by atoms with E-state index < -0.39 is 32.5 Å². The van der Waals surface area contributed by atoms with Gasteiger partial charge < -0.3 is 18.9 Å². The highest BCUT2D eigenvalue weighted by molar-refractivity contribution is 7.47. The number of likely N-dealkylation sites (N-methyl/N-ethyl adjacent to an activating group) is 1. The number of phosphoric acid groups is 1. The number of quaternary nitrogens is 1. The van der Waals surface area contributed by atoms with Crippen LogP contribution in [0.25, 0.3) is 0 Å². The lowest BCUT2D eigenvalue weighted by Crippen LogP contribution is -2.37. The topological polar surface area (TPSA) is 108 Å². The van der Waals surface area contributed by atoms with E-state index in [1.807, 2.05) is 21.1 Å². The zero-order valence-corrected chi connectivity index (χ0v) is 45.1. The summed E-state index contributed by atoms with van der Waals surface area (Å²) in [6.07, 6.45) is 56.9. The molecule has 0 bridgehead atoms. The number of esters is 2. The van der Waals surface area contributed by atoms with Gasteiger partial charge in [-0.25, -0.2) is 4.57 Å². The summed E-state index contributed by atoms with van der Waals surface area (Å²) in [6, 6.07) is 0. The SMILES string of the molecule is CCCCCCCCCCCCCCCCCC/C=C\CCCC(=O)OCC(COP(=O)(O)OCC[N+](C)(C)C)OC(=O)CCC/C=C\CCCCCCCCCCCCCCCCCC. The van der Waals surface area contributed by atoms with Gasteiger partial charge in [-0.2, -0.15) is 0 Å². The number of ether oxygens (including phenoxy) is 2. The van der Waals surface area contributed by atoms with Crippen molar-refractivity contribution in [1.29, 1.82) is 0 Å². The lowest BCUT2D eigenvalue weighted by molar-refractivity contribution is -0.870. The minimum atomic E-state index is -4.39. The molecule has 2 atom stereocenters. The predicted molar refractivity (Wildman–Crippen MR) is 280 cm³/mol. The zero-order chi connectivity index (χ0) is 48.5. The van der Waals surface area contributed by atoms with E-state index in [1.54, 1.807) is 0 Å². The quantitative estimate of drug-likeness (QED) is 0.0211. The molecule has 0 radical (unpaired) electrons. The molecule has 0 spiro atoms. The number of hydrogen-bond donors (Lipinski definition) is 1. The van der Waals surface area contributed by atoms with Crippen LogP contribution in [0.5, 0.6) is 0 Å². The molecule has 0 aliphatic carbocycles. The maximum Gasteiger partial charge on any atom is 0.472 e. The molecule has 66 heavy (non-hydrogen) atoms. The van der Waals surface area contributed by atoms with Crippen LogP contribution in [0, 0.1) is 0 Å². The number of unbranched alkanes of at least 4 members (excludes halogenated alkanes) is 34. The van der Waals surface area contributed by atoms with E-state index in [2.05, 4.69) is 38.2 Å². The summed E-state index contributed by atoms with van der Waals surface area (Å²) in [7, 11) is 1.46. The van der Waals surface area contributed by atoms with Crippen molar-refractivity contribution in [2.24, 2.45) is 0 Å². The number of hydrogen-bond acceptors (Lipinski definition) is 7. The van der Waals surface area contributed by atoms with E-state index in [9.17, 15) is 19.0 Å². The van der Waals surface area contributed by atoms with Crippen LogP contribution in [-0.2, 0) is 32.7 Å². The fraction of sp³-hybridized carbons (Fsp3) is 0.893. The third-order valence-corrected chi connectivity index (χ3v) is 13.4. The van der Waals surface area contributed by atoms with Crippen LogP contribution in [-0.4, -0.2) is 74.9 Å². The molecule has 1 N–H and O–H groups in total. The van der Waals surface area contributed by atoms with Crippen molar-refractivity contribution < 1.29 is 42.1 Å². The Bertz CT molecular complexity index is 1170. The van der Waals surface area contributed by atoms with Gasteiger partial charge in [0.25, 0.3) is 0 Å². The Hall–Kier alpha value is -1.51. The molecule has 0 rings (SSSR count). The molecule has 10 heteroatoms. The zero-order valence-electron chi connectivity index (χ0n) is 44.2. The molecule has 0 saturated carbocycles. The highest BCUT2D eigenvalue weighted by Crippen LogP contribution is 2.43. The third-order valence-electron chi connectivity index (χ3n) is 12.5. The Morgan fingerprint density at radius 1 is 0.455 bits per heavy atom. The fourth-order valence-electron chi connectivity index (χ4n) is 8.08. The molecule has 0 aliphatic heterocycles. The lowest BCUT2D eigenvalue weighted by Gasteiger charge is -2.24. The molecular formula is C56H109NO8P+. The van der Waals surface area contributed by atoms with Crippen LogP contribution >= 0.6 is 7.82 Å². The van der Waals surface area contributed by atoms with Crippen molar-refractivity contribution in [1.82, 2.24) is 0 Å². The van der Waals surface area contributed by atoms with E-state index in [4.69, 9.17) is 18.5 Å². The van der Waals surface area contributed by atoms with Gasteiger partial charge in [0.15, 0.2) is 6.10 Å². The molecule has 390 valence electrons. The first-order valence-corrected chi connectivity index (χ1v) is 29.6. The number of rotatable bonds is 52. The summed E-state index contributed by atoms with van der Waals surface area (Å²) < 4.78 is 34.5. The molecule has 0 heterocycles. The fourth-order valence-corrected chi connectivity index (χ4v) is 8.83. The van der Waals surface area contributed by atoms with Crippen LogP contribution in [0.2, 0.25) is 0 Å². The van der Waals surface area contributed by atoms with Gasteiger partial charge in [-0.05, 0) is 51.4 Å². The molecule has 2 unspecified atom stereocenters. The highest BCUT2D eigenvalue weighted by Gasteiger charge is 2.27. The normalized spacial score (nSPS) is 13.5. The molecule has 0 aliphatic rings. The lowest BCUT2D eigenvalue weighted by atomic mass is 10.0. The van der Waals surface area contributed by atoms with Gasteiger partial charge in [-0.1, -0.05) is 231 Å². The van der Waals surface area contributed by atoms with Gasteiger partial charge in [0.2, 0.25) is 0 Å². The van der Waals surface area contributed by atoms with Crippen LogP contribution in [0.3, 0.4) is 0 Å². The van der Waals surface area contributed by atoms with E-state index in [0.717, 1.165) is 25.7 Å². The molecular weight excluding hydrogens is 846 g/mol. The van der Waals surface area contributed by atoms with Gasteiger partial charge >= 0.3 is 19.8 Å².